The predicted octanol–water partition coefficient (Wildman–Crippen LogP) is 1.44. The second-order valence-corrected chi connectivity index (χ2v) is 5.58. The highest BCUT2D eigenvalue weighted by molar-refractivity contribution is 6.31. The Bertz CT molecular complexity index is 431. The molecule has 1 saturated carbocycles. The highest BCUT2D eigenvalue weighted by Gasteiger charge is 2.37. The van der Waals surface area contributed by atoms with E-state index in [0.29, 0.717) is 5.92 Å². The van der Waals surface area contributed by atoms with Crippen LogP contribution in [0.25, 0.3) is 0 Å². The van der Waals surface area contributed by atoms with Gasteiger partial charge in [0, 0.05) is 20.6 Å². The number of aryl methyl sites for hydroxylation is 2. The van der Waals surface area contributed by atoms with E-state index in [1.165, 1.54) is 12.8 Å². The van der Waals surface area contributed by atoms with Gasteiger partial charge in [-0.15, -0.1) is 0 Å². The quantitative estimate of drug-likeness (QED) is 0.588. The fraction of sp³-hybridized carbons (Fsp3) is 0.769. The van der Waals surface area contributed by atoms with E-state index >= 15 is 0 Å². The van der Waals surface area contributed by atoms with Crippen LogP contribution in [0.1, 0.15) is 31.2 Å². The molecule has 0 saturated heterocycles. The third-order valence-electron chi connectivity index (χ3n) is 3.89. The zero-order valence-electron chi connectivity index (χ0n) is 11.8. The summed E-state index contributed by atoms with van der Waals surface area (Å²) in [5.74, 6) is 6.31. The molecule has 0 spiro atoms. The SMILES string of the molecule is CCc1nn(C)c(CC(NN)C(OC)C2CC2)c1Cl. The lowest BCUT2D eigenvalue weighted by molar-refractivity contribution is 0.0506. The number of methoxy groups -OCH3 is 1. The van der Waals surface area contributed by atoms with Gasteiger partial charge in [0.2, 0.25) is 0 Å². The van der Waals surface area contributed by atoms with Gasteiger partial charge in [-0.05, 0) is 25.2 Å². The van der Waals surface area contributed by atoms with E-state index in [-0.39, 0.29) is 12.1 Å². The summed E-state index contributed by atoms with van der Waals surface area (Å²) in [6.07, 6.45) is 4.14. The second kappa shape index (κ2) is 6.22. The lowest BCUT2D eigenvalue weighted by Crippen LogP contribution is -2.47. The van der Waals surface area contributed by atoms with Crippen LogP contribution in [0.15, 0.2) is 0 Å². The monoisotopic (exact) mass is 286 g/mol. The number of rotatable bonds is 7. The Hall–Kier alpha value is -0.620. The summed E-state index contributed by atoms with van der Waals surface area (Å²) in [5.41, 5.74) is 4.84. The Balaban J connectivity index is 2.15. The maximum atomic E-state index is 6.38. The van der Waals surface area contributed by atoms with Crippen LogP contribution in [0.5, 0.6) is 0 Å². The number of aromatic nitrogens is 2. The van der Waals surface area contributed by atoms with Gasteiger partial charge in [-0.2, -0.15) is 5.10 Å². The van der Waals surface area contributed by atoms with E-state index in [0.717, 1.165) is 29.3 Å². The number of halogens is 1. The van der Waals surface area contributed by atoms with Crippen molar-refractivity contribution in [3.05, 3.63) is 16.4 Å². The molecule has 0 amide bonds. The summed E-state index contributed by atoms with van der Waals surface area (Å²) >= 11 is 6.38. The average molecular weight is 287 g/mol. The van der Waals surface area contributed by atoms with Crippen molar-refractivity contribution >= 4 is 11.6 Å². The fourth-order valence-corrected chi connectivity index (χ4v) is 3.00. The number of nitrogens with one attached hydrogen (secondary N) is 1. The molecule has 5 nitrogen and oxygen atoms in total. The van der Waals surface area contributed by atoms with Gasteiger partial charge in [-0.3, -0.25) is 16.0 Å². The first-order valence-electron chi connectivity index (χ1n) is 6.81. The molecule has 1 fully saturated rings. The molecule has 1 aliphatic rings. The number of hydrogen-bond acceptors (Lipinski definition) is 4. The number of nitrogens with zero attached hydrogens (tertiary/aromatic N) is 2. The Morgan fingerprint density at radius 3 is 2.68 bits per heavy atom. The highest BCUT2D eigenvalue weighted by Crippen LogP contribution is 2.36. The van der Waals surface area contributed by atoms with Crippen LogP contribution in [-0.4, -0.2) is 29.0 Å². The first kappa shape index (κ1) is 14.8. The van der Waals surface area contributed by atoms with Crippen LogP contribution in [0.2, 0.25) is 5.02 Å². The summed E-state index contributed by atoms with van der Waals surface area (Å²) < 4.78 is 7.45. The van der Waals surface area contributed by atoms with Crippen LogP contribution < -0.4 is 11.3 Å². The van der Waals surface area contributed by atoms with E-state index in [1.54, 1.807) is 7.11 Å². The van der Waals surface area contributed by atoms with Crippen molar-refractivity contribution in [2.45, 2.75) is 44.8 Å². The Morgan fingerprint density at radius 1 is 1.58 bits per heavy atom. The Kier molecular flexibility index (Phi) is 4.84. The Morgan fingerprint density at radius 2 is 2.26 bits per heavy atom. The molecule has 1 aromatic heterocycles. The van der Waals surface area contributed by atoms with Crippen molar-refractivity contribution in [3.8, 4) is 0 Å². The van der Waals surface area contributed by atoms with Crippen molar-refractivity contribution in [2.75, 3.05) is 7.11 Å². The van der Waals surface area contributed by atoms with Crippen molar-refractivity contribution in [1.29, 1.82) is 0 Å². The molecule has 1 aromatic rings. The summed E-state index contributed by atoms with van der Waals surface area (Å²) in [4.78, 5) is 0. The molecule has 0 aliphatic heterocycles. The van der Waals surface area contributed by atoms with Crippen molar-refractivity contribution < 1.29 is 4.74 Å². The summed E-state index contributed by atoms with van der Waals surface area (Å²) in [5, 5.41) is 5.20. The lowest BCUT2D eigenvalue weighted by Gasteiger charge is -2.25. The predicted molar refractivity (Wildman–Crippen MR) is 75.9 cm³/mol. The average Bonchev–Trinajstić information content (AvgIpc) is 3.20. The smallest absolute Gasteiger partial charge is 0.0850 e. The van der Waals surface area contributed by atoms with E-state index in [9.17, 15) is 0 Å². The fourth-order valence-electron chi connectivity index (χ4n) is 2.63. The molecule has 0 radical (unpaired) electrons. The van der Waals surface area contributed by atoms with Gasteiger partial charge in [0.05, 0.1) is 28.6 Å². The van der Waals surface area contributed by atoms with Gasteiger partial charge in [0.1, 0.15) is 0 Å². The molecule has 3 N–H and O–H groups in total. The third kappa shape index (κ3) is 3.11. The second-order valence-electron chi connectivity index (χ2n) is 5.20. The summed E-state index contributed by atoms with van der Waals surface area (Å²) in [6.45, 7) is 2.05. The molecule has 2 unspecified atom stereocenters. The van der Waals surface area contributed by atoms with Crippen molar-refractivity contribution in [3.63, 3.8) is 0 Å². The minimum Gasteiger partial charge on any atom is -0.379 e. The van der Waals surface area contributed by atoms with E-state index in [1.807, 2.05) is 11.7 Å². The van der Waals surface area contributed by atoms with E-state index in [4.69, 9.17) is 22.2 Å². The largest absolute Gasteiger partial charge is 0.379 e. The van der Waals surface area contributed by atoms with Gasteiger partial charge in [-0.1, -0.05) is 18.5 Å². The number of hydrazine groups is 1. The number of ether oxygens (including phenoxy) is 1. The van der Waals surface area contributed by atoms with Crippen LogP contribution in [0.3, 0.4) is 0 Å². The van der Waals surface area contributed by atoms with Crippen LogP contribution >= 0.6 is 11.6 Å². The minimum atomic E-state index is 0.0649. The molecular weight excluding hydrogens is 264 g/mol. The van der Waals surface area contributed by atoms with Gasteiger partial charge < -0.3 is 4.74 Å². The van der Waals surface area contributed by atoms with E-state index in [2.05, 4.69) is 17.4 Å². The first-order chi connectivity index (χ1) is 9.12. The van der Waals surface area contributed by atoms with Crippen LogP contribution in [0, 0.1) is 5.92 Å². The topological polar surface area (TPSA) is 65.1 Å². The molecule has 2 atom stereocenters. The van der Waals surface area contributed by atoms with Crippen molar-refractivity contribution in [2.24, 2.45) is 18.8 Å². The first-order valence-corrected chi connectivity index (χ1v) is 7.19. The summed E-state index contributed by atoms with van der Waals surface area (Å²) in [6, 6.07) is 0.0649. The van der Waals surface area contributed by atoms with Crippen molar-refractivity contribution in [1.82, 2.24) is 15.2 Å². The number of nitrogens with two attached hydrogens (primary N) is 1. The summed E-state index contributed by atoms with van der Waals surface area (Å²) in [7, 11) is 3.67. The highest BCUT2D eigenvalue weighted by atomic mass is 35.5. The number of hydrogen-bond donors (Lipinski definition) is 2. The zero-order valence-corrected chi connectivity index (χ0v) is 12.6. The van der Waals surface area contributed by atoms with E-state index < -0.39 is 0 Å². The molecule has 0 aromatic carbocycles. The van der Waals surface area contributed by atoms with Gasteiger partial charge in [0.25, 0.3) is 0 Å². The molecule has 19 heavy (non-hydrogen) atoms. The Labute approximate surface area is 119 Å². The standard InChI is InChI=1S/C13H23ClN4O/c1-4-9-12(14)11(18(2)17-9)7-10(16-15)13(19-3)8-5-6-8/h8,10,13,16H,4-7,15H2,1-3H3. The molecule has 1 heterocycles. The van der Waals surface area contributed by atoms with Crippen LogP contribution in [0.4, 0.5) is 0 Å². The van der Waals surface area contributed by atoms with Gasteiger partial charge in [-0.25, -0.2) is 0 Å². The zero-order chi connectivity index (χ0) is 14.0. The van der Waals surface area contributed by atoms with Gasteiger partial charge in [0.15, 0.2) is 0 Å². The molecular formula is C13H23ClN4O. The normalized spacial score (nSPS) is 18.6. The van der Waals surface area contributed by atoms with Gasteiger partial charge >= 0.3 is 0 Å². The maximum Gasteiger partial charge on any atom is 0.0850 e. The molecule has 2 rings (SSSR count). The minimum absolute atomic E-state index is 0.0649. The molecule has 1 aliphatic carbocycles. The molecule has 0 bridgehead atoms. The molecule has 108 valence electrons. The lowest BCUT2D eigenvalue weighted by atomic mass is 10.0. The van der Waals surface area contributed by atoms with Crippen LogP contribution in [-0.2, 0) is 24.6 Å². The third-order valence-corrected chi connectivity index (χ3v) is 4.32. The maximum absolute atomic E-state index is 6.38. The molecule has 6 heteroatoms.